The molecule has 2 aromatic carbocycles. The number of benzene rings is 2. The summed E-state index contributed by atoms with van der Waals surface area (Å²) in [6.07, 6.45) is 2.68. The van der Waals surface area contributed by atoms with Crippen LogP contribution in [0, 0.1) is 10.1 Å². The van der Waals surface area contributed by atoms with Crippen LogP contribution in [-0.4, -0.2) is 29.0 Å². The average molecular weight is 334 g/mol. The number of hydrogen-bond donors (Lipinski definition) is 1. The van der Waals surface area contributed by atoms with E-state index in [9.17, 15) is 10.1 Å². The maximum atomic E-state index is 11.2. The minimum atomic E-state index is -0.361. The van der Waals surface area contributed by atoms with Crippen molar-refractivity contribution in [3.05, 3.63) is 70.9 Å². The summed E-state index contributed by atoms with van der Waals surface area (Å²) >= 11 is 0. The lowest BCUT2D eigenvalue weighted by molar-refractivity contribution is -0.383. The quantitative estimate of drug-likeness (QED) is 0.580. The van der Waals surface area contributed by atoms with Gasteiger partial charge in [0.15, 0.2) is 0 Å². The van der Waals surface area contributed by atoms with Crippen molar-refractivity contribution < 1.29 is 4.92 Å². The van der Waals surface area contributed by atoms with Crippen LogP contribution >= 0.6 is 0 Å². The van der Waals surface area contributed by atoms with Crippen LogP contribution < -0.4 is 10.2 Å². The van der Waals surface area contributed by atoms with Gasteiger partial charge in [-0.2, -0.15) is 0 Å². The molecule has 1 aliphatic rings. The minimum Gasteiger partial charge on any atom is -0.379 e. The molecule has 1 aromatic heterocycles. The lowest BCUT2D eigenvalue weighted by Crippen LogP contribution is -2.26. The van der Waals surface area contributed by atoms with Crippen molar-refractivity contribution in [2.45, 2.75) is 12.5 Å². The Morgan fingerprint density at radius 1 is 1.12 bits per heavy atom. The van der Waals surface area contributed by atoms with Crippen molar-refractivity contribution >= 4 is 28.0 Å². The first kappa shape index (κ1) is 15.4. The maximum Gasteiger partial charge on any atom is 0.278 e. The van der Waals surface area contributed by atoms with Gasteiger partial charge in [0.05, 0.1) is 16.0 Å². The Bertz CT molecular complexity index is 914. The first-order valence-electron chi connectivity index (χ1n) is 8.31. The number of anilines is 2. The average Bonchev–Trinajstić information content (AvgIpc) is 3.11. The fourth-order valence-corrected chi connectivity index (χ4v) is 3.40. The van der Waals surface area contributed by atoms with Gasteiger partial charge in [0, 0.05) is 37.1 Å². The molecular weight excluding hydrogens is 316 g/mol. The molecule has 6 nitrogen and oxygen atoms in total. The van der Waals surface area contributed by atoms with Crippen molar-refractivity contribution in [1.29, 1.82) is 0 Å². The number of nitro benzene ring substituents is 1. The summed E-state index contributed by atoms with van der Waals surface area (Å²) in [5.41, 5.74) is 2.81. The van der Waals surface area contributed by atoms with Crippen LogP contribution in [0.15, 0.2) is 60.8 Å². The fraction of sp³-hybridized carbons (Fsp3) is 0.211. The van der Waals surface area contributed by atoms with E-state index in [4.69, 9.17) is 0 Å². The number of pyridine rings is 1. The predicted octanol–water partition coefficient (Wildman–Crippen LogP) is 3.83. The van der Waals surface area contributed by atoms with Crippen LogP contribution in [0.3, 0.4) is 0 Å². The monoisotopic (exact) mass is 334 g/mol. The van der Waals surface area contributed by atoms with Crippen molar-refractivity contribution in [2.75, 3.05) is 23.3 Å². The molecule has 0 spiro atoms. The molecule has 0 bridgehead atoms. The largest absolute Gasteiger partial charge is 0.379 e. The number of fused-ring (bicyclic) bond motifs is 1. The van der Waals surface area contributed by atoms with E-state index in [1.54, 1.807) is 30.5 Å². The number of non-ortho nitro benzene ring substituents is 1. The highest BCUT2D eigenvalue weighted by molar-refractivity contribution is 5.96. The van der Waals surface area contributed by atoms with Gasteiger partial charge in [0.25, 0.3) is 5.69 Å². The number of nitrogens with zero attached hydrogens (tertiary/aromatic N) is 3. The summed E-state index contributed by atoms with van der Waals surface area (Å²) in [4.78, 5) is 17.6. The van der Waals surface area contributed by atoms with Crippen molar-refractivity contribution in [3.63, 3.8) is 0 Å². The number of nitro groups is 1. The highest BCUT2D eigenvalue weighted by atomic mass is 16.6. The third-order valence-electron chi connectivity index (χ3n) is 4.61. The fourth-order valence-electron chi connectivity index (χ4n) is 3.40. The highest BCUT2D eigenvalue weighted by Gasteiger charge is 2.24. The van der Waals surface area contributed by atoms with E-state index in [1.165, 1.54) is 5.69 Å². The summed E-state index contributed by atoms with van der Waals surface area (Å²) in [5.74, 6) is 0. The van der Waals surface area contributed by atoms with Gasteiger partial charge < -0.3 is 10.2 Å². The van der Waals surface area contributed by atoms with Crippen molar-refractivity contribution in [3.8, 4) is 0 Å². The summed E-state index contributed by atoms with van der Waals surface area (Å²) in [6, 6.07) is 17.4. The molecule has 0 aliphatic carbocycles. The van der Waals surface area contributed by atoms with Crippen molar-refractivity contribution in [1.82, 2.24) is 4.98 Å². The Kier molecular flexibility index (Phi) is 3.93. The molecule has 126 valence electrons. The van der Waals surface area contributed by atoms with Gasteiger partial charge in [0.1, 0.15) is 5.52 Å². The summed E-state index contributed by atoms with van der Waals surface area (Å²) < 4.78 is 0. The van der Waals surface area contributed by atoms with Crippen LogP contribution in [0.4, 0.5) is 17.1 Å². The van der Waals surface area contributed by atoms with Crippen LogP contribution in [0.5, 0.6) is 0 Å². The SMILES string of the molecule is O=[N+]([O-])c1ccc(NC2CCN(c3ccccc3)C2)c2ncccc12. The van der Waals surface area contributed by atoms with Gasteiger partial charge in [-0.1, -0.05) is 18.2 Å². The molecular formula is C19H18N4O2. The topological polar surface area (TPSA) is 71.3 Å². The van der Waals surface area contributed by atoms with E-state index in [0.717, 1.165) is 25.2 Å². The van der Waals surface area contributed by atoms with Crippen LogP contribution in [-0.2, 0) is 0 Å². The number of para-hydroxylation sites is 1. The number of rotatable bonds is 4. The maximum absolute atomic E-state index is 11.2. The molecule has 1 N–H and O–H groups in total. The molecule has 0 saturated carbocycles. The molecule has 2 heterocycles. The highest BCUT2D eigenvalue weighted by Crippen LogP contribution is 2.31. The first-order chi connectivity index (χ1) is 12.2. The molecule has 1 saturated heterocycles. The molecule has 1 atom stereocenters. The van der Waals surface area contributed by atoms with Gasteiger partial charge in [-0.25, -0.2) is 0 Å². The van der Waals surface area contributed by atoms with Crippen LogP contribution in [0.25, 0.3) is 10.9 Å². The Morgan fingerprint density at radius 2 is 1.96 bits per heavy atom. The van der Waals surface area contributed by atoms with Crippen LogP contribution in [0.2, 0.25) is 0 Å². The lowest BCUT2D eigenvalue weighted by Gasteiger charge is -2.19. The number of nitrogens with one attached hydrogen (secondary N) is 1. The second kappa shape index (κ2) is 6.39. The second-order valence-electron chi connectivity index (χ2n) is 6.20. The summed E-state index contributed by atoms with van der Waals surface area (Å²) in [7, 11) is 0. The molecule has 3 aromatic rings. The summed E-state index contributed by atoms with van der Waals surface area (Å²) in [6.45, 7) is 1.88. The van der Waals surface area contributed by atoms with Gasteiger partial charge in [0.2, 0.25) is 0 Å². The number of hydrogen-bond acceptors (Lipinski definition) is 5. The third kappa shape index (κ3) is 2.98. The Hall–Kier alpha value is -3.15. The van der Waals surface area contributed by atoms with Gasteiger partial charge in [-0.05, 0) is 36.8 Å². The van der Waals surface area contributed by atoms with E-state index in [0.29, 0.717) is 10.9 Å². The third-order valence-corrected chi connectivity index (χ3v) is 4.61. The predicted molar refractivity (Wildman–Crippen MR) is 99.1 cm³/mol. The van der Waals surface area contributed by atoms with E-state index < -0.39 is 0 Å². The Labute approximate surface area is 145 Å². The molecule has 1 fully saturated rings. The number of aromatic nitrogens is 1. The normalized spacial score (nSPS) is 17.0. The Morgan fingerprint density at radius 3 is 2.76 bits per heavy atom. The molecule has 1 aliphatic heterocycles. The molecule has 0 radical (unpaired) electrons. The van der Waals surface area contributed by atoms with Crippen molar-refractivity contribution in [2.24, 2.45) is 0 Å². The zero-order valence-electron chi connectivity index (χ0n) is 13.6. The molecule has 25 heavy (non-hydrogen) atoms. The smallest absolute Gasteiger partial charge is 0.278 e. The molecule has 0 amide bonds. The lowest BCUT2D eigenvalue weighted by atomic mass is 10.1. The van der Waals surface area contributed by atoms with Crippen LogP contribution in [0.1, 0.15) is 6.42 Å². The molecule has 4 rings (SSSR count). The van der Waals surface area contributed by atoms with E-state index in [2.05, 4.69) is 27.3 Å². The first-order valence-corrected chi connectivity index (χ1v) is 8.31. The van der Waals surface area contributed by atoms with E-state index >= 15 is 0 Å². The molecule has 6 heteroatoms. The van der Waals surface area contributed by atoms with Gasteiger partial charge in [-0.15, -0.1) is 0 Å². The summed E-state index contributed by atoms with van der Waals surface area (Å²) in [5, 5.41) is 15.3. The second-order valence-corrected chi connectivity index (χ2v) is 6.20. The van der Waals surface area contributed by atoms with E-state index in [-0.39, 0.29) is 16.7 Å². The van der Waals surface area contributed by atoms with Gasteiger partial charge in [-0.3, -0.25) is 15.1 Å². The Balaban J connectivity index is 1.58. The standard InChI is InChI=1S/C19H18N4O2/c24-23(25)18-9-8-17(19-16(18)7-4-11-20-19)21-14-10-12-22(13-14)15-5-2-1-3-6-15/h1-9,11,14,21H,10,12-13H2. The zero-order chi connectivity index (χ0) is 17.2. The minimum absolute atomic E-state index is 0.0889. The molecule has 1 unspecified atom stereocenters. The zero-order valence-corrected chi connectivity index (χ0v) is 13.6. The van der Waals surface area contributed by atoms with E-state index in [1.807, 2.05) is 18.2 Å². The van der Waals surface area contributed by atoms with Gasteiger partial charge >= 0.3 is 0 Å².